The van der Waals surface area contributed by atoms with Gasteiger partial charge < -0.3 is 19.9 Å². The number of halogens is 2. The third kappa shape index (κ3) is 4.71. The van der Waals surface area contributed by atoms with Gasteiger partial charge in [-0.05, 0) is 41.3 Å². The minimum atomic E-state index is -0.711. The van der Waals surface area contributed by atoms with E-state index in [0.29, 0.717) is 41.2 Å². The van der Waals surface area contributed by atoms with E-state index in [2.05, 4.69) is 6.07 Å². The number of hydrogen-bond donors (Lipinski definition) is 1. The van der Waals surface area contributed by atoms with Crippen LogP contribution in [0.5, 0.6) is 11.5 Å². The van der Waals surface area contributed by atoms with E-state index >= 15 is 0 Å². The molecule has 3 aromatic rings. The zero-order valence-electron chi connectivity index (χ0n) is 20.5. The molecule has 0 spiro atoms. The van der Waals surface area contributed by atoms with Crippen LogP contribution in [0.4, 0.5) is 4.39 Å². The first-order chi connectivity index (χ1) is 18.4. The molecule has 2 aliphatic rings. The molecule has 0 aromatic heterocycles. The summed E-state index contributed by atoms with van der Waals surface area (Å²) in [6.45, 7) is -0.108. The molecule has 2 atom stereocenters. The normalized spacial score (nSPS) is 18.9. The van der Waals surface area contributed by atoms with E-state index < -0.39 is 11.7 Å². The van der Waals surface area contributed by atoms with Crippen molar-refractivity contribution < 1.29 is 23.4 Å². The first-order valence-electron chi connectivity index (χ1n) is 12.0. The van der Waals surface area contributed by atoms with Gasteiger partial charge in [-0.25, -0.2) is 4.39 Å². The van der Waals surface area contributed by atoms with E-state index in [0.717, 1.165) is 5.56 Å². The van der Waals surface area contributed by atoms with Gasteiger partial charge in [0.05, 0.1) is 18.1 Å². The van der Waals surface area contributed by atoms with E-state index in [1.165, 1.54) is 19.2 Å². The van der Waals surface area contributed by atoms with Crippen LogP contribution < -0.4 is 15.2 Å². The number of nitrogens with two attached hydrogens (primary N) is 1. The smallest absolute Gasteiger partial charge is 0.205 e. The summed E-state index contributed by atoms with van der Waals surface area (Å²) in [4.78, 5) is 13.5. The number of nitriles is 1. The van der Waals surface area contributed by atoms with Crippen LogP contribution in [0.1, 0.15) is 41.4 Å². The Kier molecular flexibility index (Phi) is 7.08. The van der Waals surface area contributed by atoms with Crippen molar-refractivity contribution in [1.82, 2.24) is 0 Å². The number of hydrogen-bond acceptors (Lipinski definition) is 6. The topological polar surface area (TPSA) is 94.6 Å². The molecule has 0 bridgehead atoms. The predicted octanol–water partition coefficient (Wildman–Crippen LogP) is 6.28. The van der Waals surface area contributed by atoms with Crippen molar-refractivity contribution in [2.75, 3.05) is 7.11 Å². The van der Waals surface area contributed by atoms with Crippen molar-refractivity contribution in [3.63, 3.8) is 0 Å². The molecular formula is C30H24ClFN2O4. The maximum Gasteiger partial charge on any atom is 0.205 e. The van der Waals surface area contributed by atoms with E-state index in [1.54, 1.807) is 24.3 Å². The maximum absolute atomic E-state index is 14.2. The number of benzene rings is 3. The van der Waals surface area contributed by atoms with Gasteiger partial charge >= 0.3 is 0 Å². The molecule has 1 aliphatic carbocycles. The summed E-state index contributed by atoms with van der Waals surface area (Å²) in [5.41, 5.74) is 8.66. The lowest BCUT2D eigenvalue weighted by atomic mass is 9.73. The fraction of sp³-hybridized carbons (Fsp3) is 0.200. The summed E-state index contributed by atoms with van der Waals surface area (Å²) in [5, 5.41) is 10.2. The Morgan fingerprint density at radius 1 is 1.08 bits per heavy atom. The van der Waals surface area contributed by atoms with Gasteiger partial charge in [-0.3, -0.25) is 4.79 Å². The molecular weight excluding hydrogens is 507 g/mol. The minimum absolute atomic E-state index is 0.0220. The van der Waals surface area contributed by atoms with E-state index in [1.807, 2.05) is 30.3 Å². The molecule has 0 saturated heterocycles. The van der Waals surface area contributed by atoms with Gasteiger partial charge in [-0.2, -0.15) is 5.26 Å². The summed E-state index contributed by atoms with van der Waals surface area (Å²) < 4.78 is 31.4. The molecule has 1 aliphatic heterocycles. The Morgan fingerprint density at radius 2 is 1.87 bits per heavy atom. The van der Waals surface area contributed by atoms with E-state index in [4.69, 9.17) is 31.5 Å². The van der Waals surface area contributed by atoms with Crippen LogP contribution in [0.15, 0.2) is 89.5 Å². The van der Waals surface area contributed by atoms with Gasteiger partial charge in [0.2, 0.25) is 5.88 Å². The van der Waals surface area contributed by atoms with Crippen LogP contribution >= 0.6 is 11.6 Å². The van der Waals surface area contributed by atoms with Crippen molar-refractivity contribution in [3.8, 4) is 17.6 Å². The number of allylic oxidation sites excluding steroid dienone is 3. The average molecular weight is 531 g/mol. The van der Waals surface area contributed by atoms with E-state index in [-0.39, 0.29) is 40.4 Å². The van der Waals surface area contributed by atoms with Gasteiger partial charge in [0.1, 0.15) is 29.8 Å². The minimum Gasteiger partial charge on any atom is -0.493 e. The van der Waals surface area contributed by atoms with Crippen LogP contribution in [0.2, 0.25) is 5.02 Å². The van der Waals surface area contributed by atoms with Crippen LogP contribution in [0, 0.1) is 17.1 Å². The molecule has 0 radical (unpaired) electrons. The Hall–Kier alpha value is -4.28. The van der Waals surface area contributed by atoms with Gasteiger partial charge in [0.25, 0.3) is 0 Å². The fourth-order valence-corrected chi connectivity index (χ4v) is 5.22. The molecule has 3 aromatic carbocycles. The summed E-state index contributed by atoms with van der Waals surface area (Å²) in [7, 11) is 1.47. The lowest BCUT2D eigenvalue weighted by molar-refractivity contribution is -0.117. The van der Waals surface area contributed by atoms with Crippen molar-refractivity contribution in [2.45, 2.75) is 31.3 Å². The molecule has 5 rings (SSSR count). The number of ether oxygens (including phenoxy) is 3. The highest BCUT2D eigenvalue weighted by Gasteiger charge is 2.41. The van der Waals surface area contributed by atoms with Gasteiger partial charge in [-0.1, -0.05) is 54.1 Å². The molecule has 2 N–H and O–H groups in total. The lowest BCUT2D eigenvalue weighted by Crippen LogP contribution is -2.29. The number of nitrogens with zero attached hydrogens (tertiary/aromatic N) is 1. The number of carbonyl (C=O) groups excluding carboxylic acids is 1. The zero-order chi connectivity index (χ0) is 26.8. The maximum atomic E-state index is 14.2. The van der Waals surface area contributed by atoms with Crippen LogP contribution in [0.3, 0.4) is 0 Å². The molecule has 6 nitrogen and oxygen atoms in total. The monoisotopic (exact) mass is 530 g/mol. The molecule has 0 fully saturated rings. The Balaban J connectivity index is 1.49. The molecule has 0 saturated carbocycles. The SMILES string of the molecule is COc1cc([C@H]2C(C#N)=C(N)OC3=C2C(=O)C[C@H](c2ccccc2)C3)ccc1OCc1c(F)cccc1Cl. The Bertz CT molecular complexity index is 1490. The second-order valence-electron chi connectivity index (χ2n) is 9.10. The van der Waals surface area contributed by atoms with Crippen molar-refractivity contribution >= 4 is 17.4 Å². The second kappa shape index (κ2) is 10.6. The number of Topliss-reactive ketones (excluding diaryl/α,β-unsaturated/α-hetero) is 1. The standard InChI is InChI=1S/C30H24ClFN2O4/c1-36-26-13-18(10-11-25(26)37-16-21-22(31)8-5-9-23(21)32)28-20(15-33)30(34)38-27-14-19(12-24(35)29(27)28)17-6-3-2-4-7-17/h2-11,13,19,28H,12,14,16,34H2,1H3/t19-,28-/m0/s1. The third-order valence-corrected chi connectivity index (χ3v) is 7.24. The summed E-state index contributed by atoms with van der Waals surface area (Å²) in [6, 6.07) is 21.4. The molecule has 0 amide bonds. The van der Waals surface area contributed by atoms with Crippen molar-refractivity contribution in [1.29, 1.82) is 5.26 Å². The molecule has 8 heteroatoms. The Labute approximate surface area is 224 Å². The number of rotatable bonds is 6. The number of methoxy groups -OCH3 is 1. The first-order valence-corrected chi connectivity index (χ1v) is 12.4. The summed E-state index contributed by atoms with van der Waals surface area (Å²) in [5.74, 6) is -0.169. The number of carbonyl (C=O) groups is 1. The van der Waals surface area contributed by atoms with Crippen molar-refractivity contribution in [3.05, 3.63) is 117 Å². The molecule has 0 unspecified atom stereocenters. The highest BCUT2D eigenvalue weighted by Crippen LogP contribution is 2.47. The van der Waals surface area contributed by atoms with E-state index in [9.17, 15) is 14.4 Å². The lowest BCUT2D eigenvalue weighted by Gasteiger charge is -2.34. The first kappa shape index (κ1) is 25.4. The summed E-state index contributed by atoms with van der Waals surface area (Å²) >= 11 is 6.12. The van der Waals surface area contributed by atoms with Gasteiger partial charge in [0, 0.05) is 24.0 Å². The quantitative estimate of drug-likeness (QED) is 0.403. The average Bonchev–Trinajstić information content (AvgIpc) is 2.92. The van der Waals surface area contributed by atoms with Crippen LogP contribution in [-0.2, 0) is 16.1 Å². The van der Waals surface area contributed by atoms with Crippen LogP contribution in [0.25, 0.3) is 0 Å². The molecule has 38 heavy (non-hydrogen) atoms. The Morgan fingerprint density at radius 3 is 2.58 bits per heavy atom. The predicted molar refractivity (Wildman–Crippen MR) is 140 cm³/mol. The molecule has 192 valence electrons. The second-order valence-corrected chi connectivity index (χ2v) is 9.51. The van der Waals surface area contributed by atoms with Gasteiger partial charge in [-0.15, -0.1) is 0 Å². The fourth-order valence-electron chi connectivity index (χ4n) is 5.01. The van der Waals surface area contributed by atoms with Gasteiger partial charge in [0.15, 0.2) is 17.3 Å². The molecule has 1 heterocycles. The zero-order valence-corrected chi connectivity index (χ0v) is 21.3. The highest BCUT2D eigenvalue weighted by molar-refractivity contribution is 6.31. The number of ketones is 1. The highest BCUT2D eigenvalue weighted by atomic mass is 35.5. The van der Waals surface area contributed by atoms with Crippen LogP contribution in [-0.4, -0.2) is 12.9 Å². The third-order valence-electron chi connectivity index (χ3n) is 6.89. The summed E-state index contributed by atoms with van der Waals surface area (Å²) in [6.07, 6.45) is 0.784. The van der Waals surface area contributed by atoms with Crippen molar-refractivity contribution in [2.24, 2.45) is 5.73 Å². The largest absolute Gasteiger partial charge is 0.493 e.